The highest BCUT2D eigenvalue weighted by Crippen LogP contribution is 2.32. The van der Waals surface area contributed by atoms with E-state index in [4.69, 9.17) is 0 Å². The first-order chi connectivity index (χ1) is 12.8. The maximum atomic E-state index is 12.6. The SMILES string of the molecule is O=C(CN1Cc2ccccc2CC1c1ccccc1)Nc1ccncc1. The predicted octanol–water partition coefficient (Wildman–Crippen LogP) is 3.82. The Morgan fingerprint density at radius 2 is 1.65 bits per heavy atom. The number of nitrogens with one attached hydrogen (secondary N) is 1. The highest BCUT2D eigenvalue weighted by molar-refractivity contribution is 5.92. The summed E-state index contributed by atoms with van der Waals surface area (Å²) >= 11 is 0. The van der Waals surface area contributed by atoms with Gasteiger partial charge >= 0.3 is 0 Å². The molecule has 0 radical (unpaired) electrons. The van der Waals surface area contributed by atoms with Crippen molar-refractivity contribution in [3.05, 3.63) is 95.8 Å². The van der Waals surface area contributed by atoms with Gasteiger partial charge in [-0.1, -0.05) is 54.6 Å². The summed E-state index contributed by atoms with van der Waals surface area (Å²) in [6, 6.07) is 22.8. The van der Waals surface area contributed by atoms with E-state index in [-0.39, 0.29) is 11.9 Å². The smallest absolute Gasteiger partial charge is 0.238 e. The fourth-order valence-corrected chi connectivity index (χ4v) is 3.57. The van der Waals surface area contributed by atoms with E-state index < -0.39 is 0 Å². The van der Waals surface area contributed by atoms with E-state index in [0.717, 1.165) is 18.7 Å². The van der Waals surface area contributed by atoms with Gasteiger partial charge in [-0.2, -0.15) is 0 Å². The minimum Gasteiger partial charge on any atom is -0.325 e. The molecule has 0 spiro atoms. The number of rotatable bonds is 4. The molecule has 4 rings (SSSR count). The fourth-order valence-electron chi connectivity index (χ4n) is 3.57. The van der Waals surface area contributed by atoms with E-state index in [0.29, 0.717) is 6.54 Å². The minimum atomic E-state index is -0.00323. The Morgan fingerprint density at radius 1 is 0.962 bits per heavy atom. The van der Waals surface area contributed by atoms with Gasteiger partial charge in [0.05, 0.1) is 6.54 Å². The summed E-state index contributed by atoms with van der Waals surface area (Å²) in [5.41, 5.74) is 4.70. The second-order valence-corrected chi connectivity index (χ2v) is 6.59. The van der Waals surface area contributed by atoms with Crippen molar-refractivity contribution >= 4 is 11.6 Å². The molecule has 4 heteroatoms. The van der Waals surface area contributed by atoms with Crippen LogP contribution in [0.1, 0.15) is 22.7 Å². The van der Waals surface area contributed by atoms with Crippen LogP contribution < -0.4 is 5.32 Å². The lowest BCUT2D eigenvalue weighted by Gasteiger charge is -2.36. The molecule has 1 unspecified atom stereocenters. The summed E-state index contributed by atoms with van der Waals surface area (Å²) < 4.78 is 0. The summed E-state index contributed by atoms with van der Waals surface area (Å²) in [6.45, 7) is 1.13. The molecule has 4 nitrogen and oxygen atoms in total. The van der Waals surface area contributed by atoms with Gasteiger partial charge in [-0.05, 0) is 35.2 Å². The van der Waals surface area contributed by atoms with Crippen LogP contribution in [0.15, 0.2) is 79.1 Å². The van der Waals surface area contributed by atoms with Gasteiger partial charge in [0.1, 0.15) is 0 Å². The first-order valence-corrected chi connectivity index (χ1v) is 8.85. The summed E-state index contributed by atoms with van der Waals surface area (Å²) in [6.07, 6.45) is 4.28. The number of anilines is 1. The number of aromatic nitrogens is 1. The van der Waals surface area contributed by atoms with Crippen molar-refractivity contribution in [1.82, 2.24) is 9.88 Å². The van der Waals surface area contributed by atoms with E-state index >= 15 is 0 Å². The van der Waals surface area contributed by atoms with E-state index in [1.54, 1.807) is 24.5 Å². The molecule has 1 aliphatic rings. The van der Waals surface area contributed by atoms with Crippen molar-refractivity contribution in [3.63, 3.8) is 0 Å². The molecule has 0 bridgehead atoms. The second kappa shape index (κ2) is 7.50. The summed E-state index contributed by atoms with van der Waals surface area (Å²) in [7, 11) is 0. The molecule has 2 heterocycles. The lowest BCUT2D eigenvalue weighted by atomic mass is 9.90. The first kappa shape index (κ1) is 16.5. The number of nitrogens with zero attached hydrogens (tertiary/aromatic N) is 2. The highest BCUT2D eigenvalue weighted by atomic mass is 16.2. The molecule has 1 N–H and O–H groups in total. The van der Waals surface area contributed by atoms with Crippen LogP contribution in [0.3, 0.4) is 0 Å². The zero-order valence-corrected chi connectivity index (χ0v) is 14.5. The quantitative estimate of drug-likeness (QED) is 0.783. The third-order valence-electron chi connectivity index (χ3n) is 4.84. The maximum Gasteiger partial charge on any atom is 0.238 e. The van der Waals surface area contributed by atoms with E-state index in [9.17, 15) is 4.79 Å². The standard InChI is InChI=1S/C22H21N3O/c26-22(24-20-10-12-23-13-11-20)16-25-15-19-9-5-4-8-18(19)14-21(25)17-6-2-1-3-7-17/h1-13,21H,14-16H2,(H,23,24,26). The average Bonchev–Trinajstić information content (AvgIpc) is 2.69. The van der Waals surface area contributed by atoms with Crippen molar-refractivity contribution in [1.29, 1.82) is 0 Å². The number of amides is 1. The highest BCUT2D eigenvalue weighted by Gasteiger charge is 2.28. The van der Waals surface area contributed by atoms with Crippen LogP contribution in [0.4, 0.5) is 5.69 Å². The summed E-state index contributed by atoms with van der Waals surface area (Å²) in [4.78, 5) is 18.8. The van der Waals surface area contributed by atoms with Gasteiger partial charge in [0, 0.05) is 30.7 Å². The number of pyridine rings is 1. The van der Waals surface area contributed by atoms with Crippen LogP contribution in [0, 0.1) is 0 Å². The van der Waals surface area contributed by atoms with Gasteiger partial charge in [-0.15, -0.1) is 0 Å². The van der Waals surface area contributed by atoms with Crippen LogP contribution in [0.5, 0.6) is 0 Å². The third kappa shape index (κ3) is 3.65. The van der Waals surface area contributed by atoms with Gasteiger partial charge in [0.15, 0.2) is 0 Å². The van der Waals surface area contributed by atoms with E-state index in [2.05, 4.69) is 63.7 Å². The third-order valence-corrected chi connectivity index (χ3v) is 4.84. The molecule has 0 saturated heterocycles. The topological polar surface area (TPSA) is 45.2 Å². The number of benzene rings is 2. The second-order valence-electron chi connectivity index (χ2n) is 6.59. The largest absolute Gasteiger partial charge is 0.325 e. The lowest BCUT2D eigenvalue weighted by Crippen LogP contribution is -2.39. The molecular weight excluding hydrogens is 322 g/mol. The molecule has 1 aliphatic heterocycles. The Balaban J connectivity index is 1.56. The molecule has 0 aliphatic carbocycles. The molecule has 0 fully saturated rings. The Hall–Kier alpha value is -2.98. The summed E-state index contributed by atoms with van der Waals surface area (Å²) in [5.74, 6) is -0.00323. The van der Waals surface area contributed by atoms with Crippen LogP contribution in [-0.4, -0.2) is 22.3 Å². The van der Waals surface area contributed by atoms with Crippen molar-refractivity contribution < 1.29 is 4.79 Å². The predicted molar refractivity (Wildman–Crippen MR) is 103 cm³/mol. The summed E-state index contributed by atoms with van der Waals surface area (Å²) in [5, 5.41) is 2.96. The zero-order valence-electron chi connectivity index (χ0n) is 14.5. The fraction of sp³-hybridized carbons (Fsp3) is 0.182. The van der Waals surface area contributed by atoms with Crippen LogP contribution >= 0.6 is 0 Å². The Bertz CT molecular complexity index is 880. The maximum absolute atomic E-state index is 12.6. The van der Waals surface area contributed by atoms with Crippen LogP contribution in [0.2, 0.25) is 0 Å². The lowest BCUT2D eigenvalue weighted by molar-refractivity contribution is -0.118. The Kier molecular flexibility index (Phi) is 4.75. The molecular formula is C22H21N3O. The van der Waals surface area contributed by atoms with E-state index in [1.807, 2.05) is 6.07 Å². The normalized spacial score (nSPS) is 16.7. The van der Waals surface area contributed by atoms with Gasteiger partial charge in [-0.25, -0.2) is 0 Å². The zero-order chi connectivity index (χ0) is 17.8. The Morgan fingerprint density at radius 3 is 2.42 bits per heavy atom. The van der Waals surface area contributed by atoms with Gasteiger partial charge in [0.2, 0.25) is 5.91 Å². The van der Waals surface area contributed by atoms with Crippen molar-refractivity contribution in [2.75, 3.05) is 11.9 Å². The number of fused-ring (bicyclic) bond motifs is 1. The van der Waals surface area contributed by atoms with Crippen molar-refractivity contribution in [2.24, 2.45) is 0 Å². The molecule has 130 valence electrons. The molecule has 26 heavy (non-hydrogen) atoms. The molecule has 3 aromatic rings. The minimum absolute atomic E-state index is 0.00323. The number of hydrogen-bond donors (Lipinski definition) is 1. The first-order valence-electron chi connectivity index (χ1n) is 8.85. The average molecular weight is 343 g/mol. The Labute approximate surface area is 153 Å². The van der Waals surface area contributed by atoms with Crippen LogP contribution in [0.25, 0.3) is 0 Å². The van der Waals surface area contributed by atoms with E-state index in [1.165, 1.54) is 16.7 Å². The number of carbonyl (C=O) groups is 1. The molecule has 1 atom stereocenters. The van der Waals surface area contributed by atoms with Gasteiger partial charge in [0.25, 0.3) is 0 Å². The van der Waals surface area contributed by atoms with Crippen LogP contribution in [-0.2, 0) is 17.8 Å². The van der Waals surface area contributed by atoms with Crippen molar-refractivity contribution in [3.8, 4) is 0 Å². The van der Waals surface area contributed by atoms with Crippen molar-refractivity contribution in [2.45, 2.75) is 19.0 Å². The molecule has 1 amide bonds. The molecule has 1 aromatic heterocycles. The number of carbonyl (C=O) groups excluding carboxylic acids is 1. The molecule has 2 aromatic carbocycles. The molecule has 0 saturated carbocycles. The monoisotopic (exact) mass is 343 g/mol. The number of hydrogen-bond acceptors (Lipinski definition) is 3. The van der Waals surface area contributed by atoms with Gasteiger partial charge in [-0.3, -0.25) is 14.7 Å². The van der Waals surface area contributed by atoms with Gasteiger partial charge < -0.3 is 5.32 Å².